The molecule has 1 aromatic carbocycles. The highest BCUT2D eigenvalue weighted by Gasteiger charge is 2.00. The van der Waals surface area contributed by atoms with E-state index in [4.69, 9.17) is 11.6 Å². The van der Waals surface area contributed by atoms with Crippen LogP contribution in [0.3, 0.4) is 0 Å². The maximum atomic E-state index is 5.72. The van der Waals surface area contributed by atoms with E-state index >= 15 is 0 Å². The number of thiazole rings is 1. The average Bonchev–Trinajstić information content (AvgIpc) is 2.85. The van der Waals surface area contributed by atoms with Crippen LogP contribution in [0, 0.1) is 0 Å². The van der Waals surface area contributed by atoms with Crippen molar-refractivity contribution in [2.75, 3.05) is 5.32 Å². The van der Waals surface area contributed by atoms with Crippen LogP contribution in [0.5, 0.6) is 0 Å². The third-order valence-electron chi connectivity index (χ3n) is 2.55. The highest BCUT2D eigenvalue weighted by molar-refractivity contribution is 7.09. The molecule has 4 heteroatoms. The minimum absolute atomic E-state index is 0.496. The van der Waals surface area contributed by atoms with Crippen LogP contribution in [0.25, 0.3) is 0 Å². The molecule has 0 saturated carbocycles. The lowest BCUT2D eigenvalue weighted by Gasteiger charge is -2.05. The molecule has 2 aromatic rings. The van der Waals surface area contributed by atoms with Gasteiger partial charge < -0.3 is 5.32 Å². The molecule has 0 aliphatic rings. The topological polar surface area (TPSA) is 24.9 Å². The maximum absolute atomic E-state index is 5.72. The number of benzene rings is 1. The van der Waals surface area contributed by atoms with E-state index in [-0.39, 0.29) is 0 Å². The van der Waals surface area contributed by atoms with Gasteiger partial charge in [0.05, 0.1) is 18.1 Å². The fraction of sp³-hybridized carbons (Fsp3) is 0.308. The number of rotatable bonds is 5. The molecule has 17 heavy (non-hydrogen) atoms. The lowest BCUT2D eigenvalue weighted by atomic mass is 10.1. The Hall–Kier alpha value is -1.06. The summed E-state index contributed by atoms with van der Waals surface area (Å²) >= 11 is 7.33. The summed E-state index contributed by atoms with van der Waals surface area (Å²) in [5.41, 5.74) is 3.53. The molecule has 0 unspecified atom stereocenters. The van der Waals surface area contributed by atoms with Crippen LogP contribution in [0.1, 0.15) is 23.2 Å². The first-order chi connectivity index (χ1) is 8.31. The predicted octanol–water partition coefficient (Wildman–Crippen LogP) is 4.06. The van der Waals surface area contributed by atoms with Crippen LogP contribution in [-0.4, -0.2) is 4.98 Å². The fourth-order valence-corrected chi connectivity index (χ4v) is 2.43. The van der Waals surface area contributed by atoms with E-state index in [1.54, 1.807) is 11.3 Å². The molecular weight excluding hydrogens is 252 g/mol. The number of halogens is 1. The summed E-state index contributed by atoms with van der Waals surface area (Å²) in [6.07, 6.45) is 1.07. The Morgan fingerprint density at radius 3 is 2.65 bits per heavy atom. The SMILES string of the molecule is CCc1ccc(NCc2csc(CCl)n2)cc1. The van der Waals surface area contributed by atoms with Gasteiger partial charge in [0, 0.05) is 11.1 Å². The first-order valence-corrected chi connectivity index (χ1v) is 7.05. The van der Waals surface area contributed by atoms with Crippen LogP contribution >= 0.6 is 22.9 Å². The number of hydrogen-bond acceptors (Lipinski definition) is 3. The molecule has 1 aromatic heterocycles. The van der Waals surface area contributed by atoms with Gasteiger partial charge in [-0.15, -0.1) is 22.9 Å². The van der Waals surface area contributed by atoms with E-state index in [9.17, 15) is 0 Å². The summed E-state index contributed by atoms with van der Waals surface area (Å²) in [6, 6.07) is 8.50. The van der Waals surface area contributed by atoms with Gasteiger partial charge in [-0.25, -0.2) is 4.98 Å². The standard InChI is InChI=1S/C13H15ClN2S/c1-2-10-3-5-11(6-4-10)15-8-12-9-17-13(7-14)16-12/h3-6,9,15H,2,7-8H2,1H3. The zero-order valence-corrected chi connectivity index (χ0v) is 11.3. The summed E-state index contributed by atoms with van der Waals surface area (Å²) in [7, 11) is 0. The van der Waals surface area contributed by atoms with E-state index in [0.29, 0.717) is 5.88 Å². The molecule has 0 aliphatic carbocycles. The first-order valence-electron chi connectivity index (χ1n) is 5.64. The summed E-state index contributed by atoms with van der Waals surface area (Å²) in [4.78, 5) is 4.40. The molecule has 0 saturated heterocycles. The molecule has 0 fully saturated rings. The lowest BCUT2D eigenvalue weighted by molar-refractivity contribution is 1.05. The Bertz CT molecular complexity index is 465. The monoisotopic (exact) mass is 266 g/mol. The Labute approximate surface area is 111 Å². The first kappa shape index (κ1) is 12.4. The van der Waals surface area contributed by atoms with Crippen LogP contribution in [0.15, 0.2) is 29.6 Å². The second-order valence-corrected chi connectivity index (χ2v) is 4.98. The molecule has 90 valence electrons. The van der Waals surface area contributed by atoms with E-state index in [0.717, 1.165) is 29.4 Å². The summed E-state index contributed by atoms with van der Waals surface area (Å²) in [5, 5.41) is 6.37. The maximum Gasteiger partial charge on any atom is 0.108 e. The average molecular weight is 267 g/mol. The molecule has 2 rings (SSSR count). The molecule has 0 atom stereocenters. The third-order valence-corrected chi connectivity index (χ3v) is 3.86. The molecular formula is C13H15ClN2S. The number of anilines is 1. The second kappa shape index (κ2) is 6.03. The van der Waals surface area contributed by atoms with Crippen LogP contribution in [-0.2, 0) is 18.8 Å². The van der Waals surface area contributed by atoms with Crippen molar-refractivity contribution >= 4 is 28.6 Å². The van der Waals surface area contributed by atoms with Gasteiger partial charge >= 0.3 is 0 Å². The van der Waals surface area contributed by atoms with Crippen molar-refractivity contribution in [3.63, 3.8) is 0 Å². The van der Waals surface area contributed by atoms with Gasteiger partial charge in [-0.3, -0.25) is 0 Å². The van der Waals surface area contributed by atoms with Gasteiger partial charge in [-0.05, 0) is 24.1 Å². The third kappa shape index (κ3) is 3.45. The smallest absolute Gasteiger partial charge is 0.108 e. The lowest BCUT2D eigenvalue weighted by Crippen LogP contribution is -1.99. The molecule has 1 N–H and O–H groups in total. The predicted molar refractivity (Wildman–Crippen MR) is 74.8 cm³/mol. The van der Waals surface area contributed by atoms with Crippen molar-refractivity contribution in [2.45, 2.75) is 25.8 Å². The number of aryl methyl sites for hydroxylation is 1. The van der Waals surface area contributed by atoms with Crippen molar-refractivity contribution < 1.29 is 0 Å². The molecule has 2 nitrogen and oxygen atoms in total. The minimum atomic E-state index is 0.496. The Morgan fingerprint density at radius 2 is 2.06 bits per heavy atom. The van der Waals surface area contributed by atoms with Gasteiger partial charge in [0.15, 0.2) is 0 Å². The van der Waals surface area contributed by atoms with E-state index in [1.807, 2.05) is 5.38 Å². The Morgan fingerprint density at radius 1 is 1.29 bits per heavy atom. The normalized spacial score (nSPS) is 10.5. The van der Waals surface area contributed by atoms with Crippen LogP contribution < -0.4 is 5.32 Å². The van der Waals surface area contributed by atoms with Crippen molar-refractivity contribution in [3.05, 3.63) is 45.9 Å². The van der Waals surface area contributed by atoms with Crippen molar-refractivity contribution in [1.29, 1.82) is 0 Å². The molecule has 0 amide bonds. The van der Waals surface area contributed by atoms with E-state index in [2.05, 4.69) is 41.5 Å². The number of hydrogen-bond donors (Lipinski definition) is 1. The quantitative estimate of drug-likeness (QED) is 0.826. The Kier molecular flexibility index (Phi) is 4.40. The van der Waals surface area contributed by atoms with Crippen molar-refractivity contribution in [1.82, 2.24) is 4.98 Å². The summed E-state index contributed by atoms with van der Waals surface area (Å²) in [6.45, 7) is 2.91. The van der Waals surface area contributed by atoms with Gasteiger partial charge in [0.2, 0.25) is 0 Å². The second-order valence-electron chi connectivity index (χ2n) is 3.77. The van der Waals surface area contributed by atoms with Crippen molar-refractivity contribution in [3.8, 4) is 0 Å². The molecule has 0 aliphatic heterocycles. The van der Waals surface area contributed by atoms with E-state index < -0.39 is 0 Å². The summed E-state index contributed by atoms with van der Waals surface area (Å²) < 4.78 is 0. The van der Waals surface area contributed by atoms with Gasteiger partial charge in [0.1, 0.15) is 5.01 Å². The highest BCUT2D eigenvalue weighted by Crippen LogP contribution is 2.14. The Balaban J connectivity index is 1.92. The zero-order valence-electron chi connectivity index (χ0n) is 9.74. The largest absolute Gasteiger partial charge is 0.379 e. The molecule has 0 radical (unpaired) electrons. The number of nitrogens with one attached hydrogen (secondary N) is 1. The highest BCUT2D eigenvalue weighted by atomic mass is 35.5. The molecule has 0 bridgehead atoms. The van der Waals surface area contributed by atoms with E-state index in [1.165, 1.54) is 5.56 Å². The number of alkyl halides is 1. The van der Waals surface area contributed by atoms with Gasteiger partial charge in [0.25, 0.3) is 0 Å². The van der Waals surface area contributed by atoms with Crippen LogP contribution in [0.4, 0.5) is 5.69 Å². The minimum Gasteiger partial charge on any atom is -0.379 e. The number of nitrogens with zero attached hydrogens (tertiary/aromatic N) is 1. The fourth-order valence-electron chi connectivity index (χ4n) is 1.54. The van der Waals surface area contributed by atoms with Crippen LogP contribution in [0.2, 0.25) is 0 Å². The zero-order chi connectivity index (χ0) is 12.1. The molecule has 1 heterocycles. The van der Waals surface area contributed by atoms with Gasteiger partial charge in [-0.1, -0.05) is 19.1 Å². The van der Waals surface area contributed by atoms with Crippen molar-refractivity contribution in [2.24, 2.45) is 0 Å². The van der Waals surface area contributed by atoms with Gasteiger partial charge in [-0.2, -0.15) is 0 Å². The summed E-state index contributed by atoms with van der Waals surface area (Å²) in [5.74, 6) is 0.496. The molecule has 0 spiro atoms. The number of aromatic nitrogens is 1.